The molecule has 0 saturated carbocycles. The van der Waals surface area contributed by atoms with Crippen molar-refractivity contribution in [2.24, 2.45) is 0 Å². The number of nitrogens with zero attached hydrogens (tertiary/aromatic N) is 1. The first-order valence-electron chi connectivity index (χ1n) is 8.19. The van der Waals surface area contributed by atoms with Gasteiger partial charge in [0.05, 0.1) is 11.5 Å². The van der Waals surface area contributed by atoms with Crippen LogP contribution in [0, 0.1) is 6.92 Å². The van der Waals surface area contributed by atoms with Crippen molar-refractivity contribution in [1.82, 2.24) is 4.31 Å². The number of sulfonamides is 1. The first kappa shape index (κ1) is 17.9. The van der Waals surface area contributed by atoms with Crippen molar-refractivity contribution < 1.29 is 17.9 Å². The van der Waals surface area contributed by atoms with E-state index in [1.54, 1.807) is 23.4 Å². The number of ether oxygens (including phenoxy) is 1. The second kappa shape index (κ2) is 7.93. The third-order valence-electron chi connectivity index (χ3n) is 4.19. The summed E-state index contributed by atoms with van der Waals surface area (Å²) in [5.74, 6) is -0.176. The molecule has 1 aliphatic rings. The molecular weight excluding hydrogens is 314 g/mol. The van der Waals surface area contributed by atoms with Crippen molar-refractivity contribution in [2.45, 2.75) is 56.9 Å². The number of unbranched alkanes of at least 4 members (excludes halogenated alkanes) is 1. The molecule has 23 heavy (non-hydrogen) atoms. The zero-order chi connectivity index (χ0) is 16.9. The van der Waals surface area contributed by atoms with E-state index in [1.807, 2.05) is 19.1 Å². The number of hydrogen-bond donors (Lipinski definition) is 0. The molecule has 1 aromatic carbocycles. The first-order valence-corrected chi connectivity index (χ1v) is 9.63. The molecule has 0 unspecified atom stereocenters. The van der Waals surface area contributed by atoms with E-state index in [0.717, 1.165) is 31.2 Å². The molecule has 1 atom stereocenters. The zero-order valence-electron chi connectivity index (χ0n) is 13.8. The van der Waals surface area contributed by atoms with Crippen LogP contribution in [0.15, 0.2) is 29.2 Å². The fraction of sp³-hybridized carbons (Fsp3) is 0.588. The maximum Gasteiger partial charge on any atom is 0.305 e. The minimum Gasteiger partial charge on any atom is -0.466 e. The number of carbonyl (C=O) groups excluding carboxylic acids is 1. The summed E-state index contributed by atoms with van der Waals surface area (Å²) in [6.45, 7) is 4.72. The molecule has 1 aromatic rings. The quantitative estimate of drug-likeness (QED) is 0.540. The van der Waals surface area contributed by atoms with Crippen molar-refractivity contribution in [2.75, 3.05) is 13.2 Å². The van der Waals surface area contributed by atoms with Crippen molar-refractivity contribution in [1.29, 1.82) is 0 Å². The van der Waals surface area contributed by atoms with Crippen molar-refractivity contribution >= 4 is 16.0 Å². The Morgan fingerprint density at radius 2 is 1.96 bits per heavy atom. The Labute approximate surface area is 138 Å². The van der Waals surface area contributed by atoms with Gasteiger partial charge >= 0.3 is 5.97 Å². The van der Waals surface area contributed by atoms with Gasteiger partial charge in [-0.3, -0.25) is 4.79 Å². The number of carbonyl (C=O) groups is 1. The summed E-state index contributed by atoms with van der Waals surface area (Å²) in [4.78, 5) is 11.6. The lowest BCUT2D eigenvalue weighted by atomic mass is 10.00. The standard InChI is InChI=1S/C17H25NO4S/c1-3-22-17(19)7-5-4-6-15-12-13-18(15)23(20,21)16-10-8-14(2)9-11-16/h8-11,15H,3-7,12-13H2,1-2H3/t15-/m1/s1. The number of esters is 1. The van der Waals surface area contributed by atoms with Crippen LogP contribution in [0.1, 0.15) is 44.6 Å². The van der Waals surface area contributed by atoms with Crippen LogP contribution in [0.25, 0.3) is 0 Å². The van der Waals surface area contributed by atoms with Gasteiger partial charge in [-0.15, -0.1) is 0 Å². The van der Waals surface area contributed by atoms with Gasteiger partial charge in [-0.2, -0.15) is 4.31 Å². The summed E-state index contributed by atoms with van der Waals surface area (Å²) in [6, 6.07) is 7.03. The third-order valence-corrected chi connectivity index (χ3v) is 6.16. The molecule has 0 amide bonds. The van der Waals surface area contributed by atoms with E-state index in [0.29, 0.717) is 24.5 Å². The zero-order valence-corrected chi connectivity index (χ0v) is 14.6. The van der Waals surface area contributed by atoms with Crippen LogP contribution in [0.4, 0.5) is 0 Å². The van der Waals surface area contributed by atoms with Crippen LogP contribution in [-0.4, -0.2) is 37.9 Å². The van der Waals surface area contributed by atoms with Crippen molar-refractivity contribution in [3.63, 3.8) is 0 Å². The van der Waals surface area contributed by atoms with Gasteiger partial charge in [0, 0.05) is 19.0 Å². The topological polar surface area (TPSA) is 63.7 Å². The van der Waals surface area contributed by atoms with E-state index in [1.165, 1.54) is 0 Å². The third kappa shape index (κ3) is 4.54. The van der Waals surface area contributed by atoms with Gasteiger partial charge in [0.1, 0.15) is 0 Å². The summed E-state index contributed by atoms with van der Waals surface area (Å²) < 4.78 is 31.7. The predicted molar refractivity (Wildman–Crippen MR) is 88.6 cm³/mol. The van der Waals surface area contributed by atoms with Gasteiger partial charge in [0.2, 0.25) is 10.0 Å². The van der Waals surface area contributed by atoms with Gasteiger partial charge < -0.3 is 4.74 Å². The number of rotatable bonds is 8. The Hall–Kier alpha value is -1.40. The van der Waals surface area contributed by atoms with E-state index in [2.05, 4.69) is 0 Å². The smallest absolute Gasteiger partial charge is 0.305 e. The van der Waals surface area contributed by atoms with E-state index >= 15 is 0 Å². The van der Waals surface area contributed by atoms with E-state index in [9.17, 15) is 13.2 Å². The number of aryl methyl sites for hydroxylation is 1. The molecule has 0 aliphatic carbocycles. The molecule has 1 heterocycles. The average Bonchev–Trinajstić information content (AvgIpc) is 2.46. The fourth-order valence-electron chi connectivity index (χ4n) is 2.75. The van der Waals surface area contributed by atoms with E-state index < -0.39 is 10.0 Å². The molecule has 1 fully saturated rings. The summed E-state index contributed by atoms with van der Waals surface area (Å²) in [6.07, 6.45) is 3.68. The van der Waals surface area contributed by atoms with Crippen LogP contribution >= 0.6 is 0 Å². The molecule has 5 nitrogen and oxygen atoms in total. The lowest BCUT2D eigenvalue weighted by Gasteiger charge is -2.39. The summed E-state index contributed by atoms with van der Waals surface area (Å²) in [5.41, 5.74) is 1.04. The highest BCUT2D eigenvalue weighted by molar-refractivity contribution is 7.89. The second-order valence-electron chi connectivity index (χ2n) is 5.92. The molecule has 0 aromatic heterocycles. The van der Waals surface area contributed by atoms with Gasteiger partial charge in [0.25, 0.3) is 0 Å². The Morgan fingerprint density at radius 1 is 1.26 bits per heavy atom. The Bertz CT molecular complexity index is 624. The second-order valence-corrected chi connectivity index (χ2v) is 7.81. The minimum absolute atomic E-state index is 0.0588. The highest BCUT2D eigenvalue weighted by Crippen LogP contribution is 2.30. The summed E-state index contributed by atoms with van der Waals surface area (Å²) in [5, 5.41) is 0. The molecule has 6 heteroatoms. The molecule has 0 radical (unpaired) electrons. The monoisotopic (exact) mass is 339 g/mol. The Balaban J connectivity index is 1.84. The molecule has 0 spiro atoms. The van der Waals surface area contributed by atoms with Gasteiger partial charge in [0.15, 0.2) is 0 Å². The Kier molecular flexibility index (Phi) is 6.18. The highest BCUT2D eigenvalue weighted by atomic mass is 32.2. The minimum atomic E-state index is -3.39. The fourth-order valence-corrected chi connectivity index (χ4v) is 4.45. The van der Waals surface area contributed by atoms with Crippen LogP contribution in [0.3, 0.4) is 0 Å². The molecule has 0 N–H and O–H groups in total. The molecule has 1 aliphatic heterocycles. The van der Waals surface area contributed by atoms with Crippen LogP contribution < -0.4 is 0 Å². The van der Waals surface area contributed by atoms with Crippen molar-refractivity contribution in [3.8, 4) is 0 Å². The molecular formula is C17H25NO4S. The van der Waals surface area contributed by atoms with Crippen LogP contribution in [-0.2, 0) is 19.6 Å². The number of hydrogen-bond acceptors (Lipinski definition) is 4. The van der Waals surface area contributed by atoms with Crippen molar-refractivity contribution in [3.05, 3.63) is 29.8 Å². The maximum atomic E-state index is 12.6. The van der Waals surface area contributed by atoms with Gasteiger partial charge in [-0.25, -0.2) is 8.42 Å². The number of benzene rings is 1. The predicted octanol–water partition coefficient (Wildman–Crippen LogP) is 2.88. The SMILES string of the molecule is CCOC(=O)CCCC[C@@H]1CCN1S(=O)(=O)c1ccc(C)cc1. The molecule has 1 saturated heterocycles. The largest absolute Gasteiger partial charge is 0.466 e. The lowest BCUT2D eigenvalue weighted by molar-refractivity contribution is -0.143. The summed E-state index contributed by atoms with van der Waals surface area (Å²) >= 11 is 0. The van der Waals surface area contributed by atoms with Crippen LogP contribution in [0.2, 0.25) is 0 Å². The molecule has 128 valence electrons. The summed E-state index contributed by atoms with van der Waals surface area (Å²) in [7, 11) is -3.39. The maximum absolute atomic E-state index is 12.6. The highest BCUT2D eigenvalue weighted by Gasteiger charge is 2.37. The Morgan fingerprint density at radius 3 is 2.52 bits per heavy atom. The van der Waals surface area contributed by atoms with Crippen LogP contribution in [0.5, 0.6) is 0 Å². The molecule has 2 rings (SSSR count). The first-order chi connectivity index (χ1) is 10.9. The lowest BCUT2D eigenvalue weighted by Crippen LogP contribution is -2.50. The van der Waals surface area contributed by atoms with E-state index in [-0.39, 0.29) is 12.0 Å². The van der Waals surface area contributed by atoms with Gasteiger partial charge in [-0.05, 0) is 45.2 Å². The van der Waals surface area contributed by atoms with E-state index in [4.69, 9.17) is 4.74 Å². The normalized spacial score (nSPS) is 18.4. The average molecular weight is 339 g/mol. The van der Waals surface area contributed by atoms with Gasteiger partial charge in [-0.1, -0.05) is 24.1 Å². The molecule has 0 bridgehead atoms.